The molecule has 0 fully saturated rings. The molecule has 0 aliphatic heterocycles. The van der Waals surface area contributed by atoms with Crippen LogP contribution in [-0.2, 0) is 13.0 Å². The highest BCUT2D eigenvalue weighted by Gasteiger charge is 2.10. The van der Waals surface area contributed by atoms with Crippen LogP contribution in [0.15, 0.2) is 50.6 Å². The molecule has 3 rings (SSSR count). The Morgan fingerprint density at radius 2 is 2.00 bits per heavy atom. The third kappa shape index (κ3) is 3.15. The van der Waals surface area contributed by atoms with Crippen molar-refractivity contribution in [2.75, 3.05) is 0 Å². The Morgan fingerprint density at radius 3 is 2.77 bits per heavy atom. The van der Waals surface area contributed by atoms with Crippen molar-refractivity contribution in [1.82, 2.24) is 19.7 Å². The van der Waals surface area contributed by atoms with E-state index in [1.807, 2.05) is 30.3 Å². The number of hydrogen-bond donors (Lipinski definition) is 1. The van der Waals surface area contributed by atoms with Crippen molar-refractivity contribution in [2.24, 2.45) is 0 Å². The summed E-state index contributed by atoms with van der Waals surface area (Å²) in [5.74, 6) is 0.779. The summed E-state index contributed by atoms with van der Waals surface area (Å²) in [6, 6.07) is 9.71. The van der Waals surface area contributed by atoms with Crippen molar-refractivity contribution in [1.29, 1.82) is 0 Å². The molecular formula is C14H11ClN4O3. The lowest BCUT2D eigenvalue weighted by Crippen LogP contribution is -2.30. The molecule has 0 spiro atoms. The molecule has 1 aromatic carbocycles. The van der Waals surface area contributed by atoms with Crippen LogP contribution in [0.1, 0.15) is 17.3 Å². The van der Waals surface area contributed by atoms with Crippen molar-refractivity contribution in [3.63, 3.8) is 0 Å². The number of nitrogens with one attached hydrogen (secondary N) is 1. The van der Waals surface area contributed by atoms with E-state index in [-0.39, 0.29) is 17.5 Å². The predicted octanol–water partition coefficient (Wildman–Crippen LogP) is 1.21. The van der Waals surface area contributed by atoms with Gasteiger partial charge < -0.3 is 4.52 Å². The molecule has 0 aliphatic rings. The van der Waals surface area contributed by atoms with Gasteiger partial charge in [0.1, 0.15) is 11.6 Å². The molecule has 0 saturated heterocycles. The Hall–Kier alpha value is -2.67. The van der Waals surface area contributed by atoms with E-state index in [0.717, 1.165) is 5.56 Å². The van der Waals surface area contributed by atoms with E-state index in [4.69, 9.17) is 16.1 Å². The summed E-state index contributed by atoms with van der Waals surface area (Å²) in [4.78, 5) is 29.2. The molecule has 0 saturated carbocycles. The molecule has 0 aliphatic carbocycles. The fourth-order valence-corrected chi connectivity index (χ4v) is 2.12. The first-order chi connectivity index (χ1) is 10.6. The minimum absolute atomic E-state index is 0.0388. The average Bonchev–Trinajstić information content (AvgIpc) is 2.93. The van der Waals surface area contributed by atoms with Gasteiger partial charge in [0, 0.05) is 12.6 Å². The third-order valence-electron chi connectivity index (χ3n) is 2.99. The molecule has 112 valence electrons. The Labute approximate surface area is 129 Å². The first kappa shape index (κ1) is 14.3. The Kier molecular flexibility index (Phi) is 3.88. The summed E-state index contributed by atoms with van der Waals surface area (Å²) >= 11 is 5.69. The zero-order valence-electron chi connectivity index (χ0n) is 11.3. The van der Waals surface area contributed by atoms with Crippen LogP contribution >= 0.6 is 11.6 Å². The molecule has 8 heteroatoms. The normalized spacial score (nSPS) is 10.8. The van der Waals surface area contributed by atoms with Crippen molar-refractivity contribution in [3.05, 3.63) is 79.7 Å². The smallest absolute Gasteiger partial charge is 0.328 e. The van der Waals surface area contributed by atoms with E-state index in [2.05, 4.69) is 15.1 Å². The Morgan fingerprint density at radius 1 is 1.23 bits per heavy atom. The van der Waals surface area contributed by atoms with Crippen LogP contribution in [0.3, 0.4) is 0 Å². The van der Waals surface area contributed by atoms with E-state index in [9.17, 15) is 9.59 Å². The molecule has 0 atom stereocenters. The van der Waals surface area contributed by atoms with Gasteiger partial charge in [-0.1, -0.05) is 47.1 Å². The lowest BCUT2D eigenvalue weighted by atomic mass is 10.1. The Balaban J connectivity index is 1.79. The summed E-state index contributed by atoms with van der Waals surface area (Å²) in [5.41, 5.74) is -0.158. The molecule has 0 radical (unpaired) electrons. The zero-order chi connectivity index (χ0) is 15.5. The third-order valence-corrected chi connectivity index (χ3v) is 3.26. The molecule has 0 unspecified atom stereocenters. The molecule has 7 nitrogen and oxygen atoms in total. The number of halogens is 1. The number of H-pyrrole nitrogens is 1. The number of benzene rings is 1. The first-order valence-corrected chi connectivity index (χ1v) is 6.84. The monoisotopic (exact) mass is 318 g/mol. The summed E-state index contributed by atoms with van der Waals surface area (Å²) < 4.78 is 6.31. The molecule has 0 amide bonds. The van der Waals surface area contributed by atoms with Gasteiger partial charge in [-0.05, 0) is 5.56 Å². The van der Waals surface area contributed by atoms with Gasteiger partial charge in [-0.2, -0.15) is 4.98 Å². The van der Waals surface area contributed by atoms with Crippen LogP contribution in [-0.4, -0.2) is 19.7 Å². The van der Waals surface area contributed by atoms with Gasteiger partial charge in [0.25, 0.3) is 5.56 Å². The first-order valence-electron chi connectivity index (χ1n) is 6.46. The van der Waals surface area contributed by atoms with E-state index in [0.29, 0.717) is 12.2 Å². The molecule has 2 heterocycles. The minimum Gasteiger partial charge on any atom is -0.337 e. The van der Waals surface area contributed by atoms with Gasteiger partial charge >= 0.3 is 5.69 Å². The molecular weight excluding hydrogens is 308 g/mol. The number of nitrogens with zero attached hydrogens (tertiary/aromatic N) is 3. The van der Waals surface area contributed by atoms with Crippen LogP contribution < -0.4 is 11.2 Å². The SMILES string of the molecule is O=c1[nH]c(=O)n(Cc2nc(Cc3ccccc3)no2)cc1Cl. The maximum atomic E-state index is 11.7. The summed E-state index contributed by atoms with van der Waals surface area (Å²) in [6.45, 7) is 0.0388. The van der Waals surface area contributed by atoms with E-state index in [1.54, 1.807) is 0 Å². The van der Waals surface area contributed by atoms with Crippen LogP contribution in [0.4, 0.5) is 0 Å². The maximum absolute atomic E-state index is 11.7. The second kappa shape index (κ2) is 5.98. The predicted molar refractivity (Wildman–Crippen MR) is 79.0 cm³/mol. The van der Waals surface area contributed by atoms with Crippen LogP contribution in [0.25, 0.3) is 0 Å². The number of aromatic nitrogens is 4. The summed E-state index contributed by atoms with van der Waals surface area (Å²) in [5, 5.41) is 3.79. The second-order valence-electron chi connectivity index (χ2n) is 4.63. The minimum atomic E-state index is -0.627. The van der Waals surface area contributed by atoms with Gasteiger partial charge in [0.2, 0.25) is 5.89 Å². The molecule has 2 aromatic heterocycles. The average molecular weight is 319 g/mol. The standard InChI is InChI=1S/C14H11ClN4O3/c15-10-7-19(14(21)17-13(10)20)8-12-16-11(18-22-12)6-9-4-2-1-3-5-9/h1-5,7H,6,8H2,(H,17,20,21). The highest BCUT2D eigenvalue weighted by Crippen LogP contribution is 2.07. The van der Waals surface area contributed by atoms with Gasteiger partial charge in [0.15, 0.2) is 5.82 Å². The zero-order valence-corrected chi connectivity index (χ0v) is 12.1. The highest BCUT2D eigenvalue weighted by molar-refractivity contribution is 6.30. The van der Waals surface area contributed by atoms with Gasteiger partial charge in [-0.15, -0.1) is 0 Å². The van der Waals surface area contributed by atoms with Crippen molar-refractivity contribution in [3.8, 4) is 0 Å². The lowest BCUT2D eigenvalue weighted by molar-refractivity contribution is 0.364. The molecule has 1 N–H and O–H groups in total. The number of aromatic amines is 1. The molecule has 3 aromatic rings. The fraction of sp³-hybridized carbons (Fsp3) is 0.143. The topological polar surface area (TPSA) is 93.8 Å². The quantitative estimate of drug-likeness (QED) is 0.780. The van der Waals surface area contributed by atoms with Crippen LogP contribution in [0.2, 0.25) is 5.02 Å². The lowest BCUT2D eigenvalue weighted by Gasteiger charge is -2.00. The molecule has 22 heavy (non-hydrogen) atoms. The van der Waals surface area contributed by atoms with E-state index < -0.39 is 11.2 Å². The highest BCUT2D eigenvalue weighted by atomic mass is 35.5. The van der Waals surface area contributed by atoms with Gasteiger partial charge in [-0.25, -0.2) is 4.79 Å². The van der Waals surface area contributed by atoms with Gasteiger partial charge in [-0.3, -0.25) is 14.3 Å². The van der Waals surface area contributed by atoms with Crippen molar-refractivity contribution >= 4 is 11.6 Å². The van der Waals surface area contributed by atoms with E-state index in [1.165, 1.54) is 10.8 Å². The molecule has 0 bridgehead atoms. The van der Waals surface area contributed by atoms with Crippen molar-refractivity contribution < 1.29 is 4.52 Å². The fourth-order valence-electron chi connectivity index (χ4n) is 1.95. The van der Waals surface area contributed by atoms with E-state index >= 15 is 0 Å². The second-order valence-corrected chi connectivity index (χ2v) is 5.04. The Bertz CT molecular complexity index is 898. The summed E-state index contributed by atoms with van der Waals surface area (Å²) in [6.07, 6.45) is 1.77. The number of rotatable bonds is 4. The number of hydrogen-bond acceptors (Lipinski definition) is 5. The van der Waals surface area contributed by atoms with Crippen LogP contribution in [0.5, 0.6) is 0 Å². The van der Waals surface area contributed by atoms with Crippen molar-refractivity contribution in [2.45, 2.75) is 13.0 Å². The maximum Gasteiger partial charge on any atom is 0.328 e. The largest absolute Gasteiger partial charge is 0.337 e. The van der Waals surface area contributed by atoms with Crippen LogP contribution in [0, 0.1) is 0 Å². The van der Waals surface area contributed by atoms with Gasteiger partial charge in [0.05, 0.1) is 0 Å². The summed E-state index contributed by atoms with van der Waals surface area (Å²) in [7, 11) is 0.